The van der Waals surface area contributed by atoms with Crippen LogP contribution in [0.1, 0.15) is 23.0 Å². The first-order valence-electron chi connectivity index (χ1n) is 4.12. The molecule has 1 aromatic heterocycles. The SMILES string of the molecule is NCc1csc(C2CCSC2)n1. The summed E-state index contributed by atoms with van der Waals surface area (Å²) in [5, 5.41) is 3.37. The predicted molar refractivity (Wildman–Crippen MR) is 54.7 cm³/mol. The highest BCUT2D eigenvalue weighted by Gasteiger charge is 2.20. The highest BCUT2D eigenvalue weighted by molar-refractivity contribution is 7.99. The van der Waals surface area contributed by atoms with Gasteiger partial charge in [-0.15, -0.1) is 11.3 Å². The molecule has 1 fully saturated rings. The summed E-state index contributed by atoms with van der Waals surface area (Å²) in [6.07, 6.45) is 1.29. The molecular weight excluding hydrogens is 188 g/mol. The molecule has 1 atom stereocenters. The summed E-state index contributed by atoms with van der Waals surface area (Å²) >= 11 is 3.80. The average Bonchev–Trinajstić information content (AvgIpc) is 2.75. The molecule has 12 heavy (non-hydrogen) atoms. The van der Waals surface area contributed by atoms with E-state index in [0.29, 0.717) is 12.5 Å². The molecule has 1 aliphatic heterocycles. The van der Waals surface area contributed by atoms with Crippen LogP contribution in [0.15, 0.2) is 5.38 Å². The van der Waals surface area contributed by atoms with E-state index in [-0.39, 0.29) is 0 Å². The smallest absolute Gasteiger partial charge is 0.0968 e. The molecule has 66 valence electrons. The van der Waals surface area contributed by atoms with E-state index >= 15 is 0 Å². The van der Waals surface area contributed by atoms with Gasteiger partial charge in [0.1, 0.15) is 0 Å². The highest BCUT2D eigenvalue weighted by Crippen LogP contribution is 2.33. The van der Waals surface area contributed by atoms with Crippen molar-refractivity contribution in [2.45, 2.75) is 18.9 Å². The Hall–Kier alpha value is -0.0600. The van der Waals surface area contributed by atoms with Crippen molar-refractivity contribution in [2.24, 2.45) is 5.73 Å². The third-order valence-corrected chi connectivity index (χ3v) is 4.28. The van der Waals surface area contributed by atoms with Gasteiger partial charge in [-0.05, 0) is 12.2 Å². The van der Waals surface area contributed by atoms with Crippen molar-refractivity contribution in [3.8, 4) is 0 Å². The van der Waals surface area contributed by atoms with Crippen LogP contribution in [-0.2, 0) is 6.54 Å². The van der Waals surface area contributed by atoms with Gasteiger partial charge in [0.2, 0.25) is 0 Å². The highest BCUT2D eigenvalue weighted by atomic mass is 32.2. The van der Waals surface area contributed by atoms with Crippen LogP contribution in [0.3, 0.4) is 0 Å². The fourth-order valence-electron chi connectivity index (χ4n) is 1.33. The van der Waals surface area contributed by atoms with Gasteiger partial charge >= 0.3 is 0 Å². The molecular formula is C8H12N2S2. The second-order valence-electron chi connectivity index (χ2n) is 2.94. The van der Waals surface area contributed by atoms with E-state index < -0.39 is 0 Å². The summed E-state index contributed by atoms with van der Waals surface area (Å²) in [6.45, 7) is 0.580. The van der Waals surface area contributed by atoms with E-state index in [4.69, 9.17) is 5.73 Å². The average molecular weight is 200 g/mol. The fourth-order valence-corrected chi connectivity index (χ4v) is 3.63. The van der Waals surface area contributed by atoms with Crippen LogP contribution in [0, 0.1) is 0 Å². The second-order valence-corrected chi connectivity index (χ2v) is 4.98. The summed E-state index contributed by atoms with van der Waals surface area (Å²) < 4.78 is 0. The Morgan fingerprint density at radius 2 is 2.58 bits per heavy atom. The Labute approximate surface area is 80.6 Å². The Morgan fingerprint density at radius 1 is 1.67 bits per heavy atom. The third-order valence-electron chi connectivity index (χ3n) is 2.06. The molecule has 1 aliphatic rings. The van der Waals surface area contributed by atoms with Gasteiger partial charge < -0.3 is 5.73 Å². The zero-order chi connectivity index (χ0) is 8.39. The molecule has 2 rings (SSSR count). The molecule has 2 N–H and O–H groups in total. The molecule has 4 heteroatoms. The summed E-state index contributed by atoms with van der Waals surface area (Å²) in [5.74, 6) is 3.25. The maximum absolute atomic E-state index is 5.50. The van der Waals surface area contributed by atoms with Gasteiger partial charge in [0.25, 0.3) is 0 Å². The summed E-state index contributed by atoms with van der Waals surface area (Å²) in [4.78, 5) is 4.49. The predicted octanol–water partition coefficient (Wildman–Crippen LogP) is 1.82. The lowest BCUT2D eigenvalue weighted by molar-refractivity contribution is 0.766. The maximum atomic E-state index is 5.50. The van der Waals surface area contributed by atoms with Gasteiger partial charge in [-0.1, -0.05) is 0 Å². The first kappa shape index (κ1) is 8.53. The molecule has 0 amide bonds. The molecule has 2 nitrogen and oxygen atoms in total. The second kappa shape index (κ2) is 3.77. The number of hydrogen-bond acceptors (Lipinski definition) is 4. The van der Waals surface area contributed by atoms with E-state index in [1.54, 1.807) is 11.3 Å². The van der Waals surface area contributed by atoms with Crippen LogP contribution in [0.4, 0.5) is 0 Å². The normalized spacial score (nSPS) is 23.2. The lowest BCUT2D eigenvalue weighted by Gasteiger charge is -2.01. The molecule has 0 bridgehead atoms. The quantitative estimate of drug-likeness (QED) is 0.791. The van der Waals surface area contributed by atoms with E-state index in [1.165, 1.54) is 22.9 Å². The number of rotatable bonds is 2. The largest absolute Gasteiger partial charge is 0.325 e. The van der Waals surface area contributed by atoms with Crippen LogP contribution in [-0.4, -0.2) is 16.5 Å². The van der Waals surface area contributed by atoms with Gasteiger partial charge in [-0.3, -0.25) is 0 Å². The molecule has 1 aromatic rings. The van der Waals surface area contributed by atoms with E-state index in [0.717, 1.165) is 5.69 Å². The van der Waals surface area contributed by atoms with Gasteiger partial charge in [-0.25, -0.2) is 4.98 Å². The lowest BCUT2D eigenvalue weighted by atomic mass is 10.1. The van der Waals surface area contributed by atoms with Gasteiger partial charge in [0.15, 0.2) is 0 Å². The molecule has 0 aromatic carbocycles. The summed E-state index contributed by atoms with van der Waals surface area (Å²) in [5.41, 5.74) is 6.55. The Balaban J connectivity index is 2.11. The number of thiazole rings is 1. The Bertz CT molecular complexity index is 253. The molecule has 1 saturated heterocycles. The molecule has 2 heterocycles. The summed E-state index contributed by atoms with van der Waals surface area (Å²) in [7, 11) is 0. The fraction of sp³-hybridized carbons (Fsp3) is 0.625. The monoisotopic (exact) mass is 200 g/mol. The lowest BCUT2D eigenvalue weighted by Crippen LogP contribution is -1.99. The number of aromatic nitrogens is 1. The van der Waals surface area contributed by atoms with Crippen molar-refractivity contribution in [2.75, 3.05) is 11.5 Å². The van der Waals surface area contributed by atoms with Crippen molar-refractivity contribution in [1.29, 1.82) is 0 Å². The third kappa shape index (κ3) is 1.65. The zero-order valence-electron chi connectivity index (χ0n) is 6.82. The number of nitrogens with two attached hydrogens (primary N) is 1. The first-order valence-corrected chi connectivity index (χ1v) is 6.15. The Kier molecular flexibility index (Phi) is 2.68. The standard InChI is InChI=1S/C8H12N2S2/c9-3-7-5-12-8(10-7)6-1-2-11-4-6/h5-6H,1-4,9H2. The Morgan fingerprint density at radius 3 is 3.17 bits per heavy atom. The number of thioether (sulfide) groups is 1. The van der Waals surface area contributed by atoms with E-state index in [2.05, 4.69) is 10.4 Å². The van der Waals surface area contributed by atoms with E-state index in [1.807, 2.05) is 11.8 Å². The van der Waals surface area contributed by atoms with Crippen molar-refractivity contribution >= 4 is 23.1 Å². The van der Waals surface area contributed by atoms with Gasteiger partial charge in [-0.2, -0.15) is 11.8 Å². The molecule has 0 spiro atoms. The van der Waals surface area contributed by atoms with Crippen LogP contribution in [0.5, 0.6) is 0 Å². The van der Waals surface area contributed by atoms with Crippen LogP contribution >= 0.6 is 23.1 Å². The van der Waals surface area contributed by atoms with Crippen LogP contribution in [0.2, 0.25) is 0 Å². The van der Waals surface area contributed by atoms with Crippen molar-refractivity contribution < 1.29 is 0 Å². The van der Waals surface area contributed by atoms with Crippen molar-refractivity contribution in [3.05, 3.63) is 16.1 Å². The first-order chi connectivity index (χ1) is 5.90. The van der Waals surface area contributed by atoms with Crippen LogP contribution in [0.25, 0.3) is 0 Å². The van der Waals surface area contributed by atoms with Crippen molar-refractivity contribution in [3.63, 3.8) is 0 Å². The minimum Gasteiger partial charge on any atom is -0.325 e. The maximum Gasteiger partial charge on any atom is 0.0968 e. The van der Waals surface area contributed by atoms with Crippen molar-refractivity contribution in [1.82, 2.24) is 4.98 Å². The molecule has 0 aliphatic carbocycles. The van der Waals surface area contributed by atoms with E-state index in [9.17, 15) is 0 Å². The zero-order valence-corrected chi connectivity index (χ0v) is 8.46. The van der Waals surface area contributed by atoms with Gasteiger partial charge in [0.05, 0.1) is 10.7 Å². The summed E-state index contributed by atoms with van der Waals surface area (Å²) in [6, 6.07) is 0. The minimum atomic E-state index is 0.580. The topological polar surface area (TPSA) is 38.9 Å². The number of hydrogen-bond donors (Lipinski definition) is 1. The number of nitrogens with zero attached hydrogens (tertiary/aromatic N) is 1. The molecule has 0 radical (unpaired) electrons. The molecule has 0 saturated carbocycles. The minimum absolute atomic E-state index is 0.580. The van der Waals surface area contributed by atoms with Gasteiger partial charge in [0, 0.05) is 23.6 Å². The van der Waals surface area contributed by atoms with Crippen LogP contribution < -0.4 is 5.73 Å². The molecule has 1 unspecified atom stereocenters.